The number of aromatic nitrogens is 5. The lowest BCUT2D eigenvalue weighted by Gasteiger charge is -2.16. The Morgan fingerprint density at radius 2 is 0.939 bits per heavy atom. The molecule has 0 N–H and O–H groups in total. The molecule has 0 aliphatic carbocycles. The Morgan fingerprint density at radius 3 is 1.57 bits per heavy atom. The van der Waals surface area contributed by atoms with Gasteiger partial charge < -0.3 is 9.13 Å². The number of hydrogen-bond donors (Lipinski definition) is 0. The minimum absolute atomic E-state index is 0.00455. The SMILES string of the molecule is [2H]c1c([2H])c([2H])c(-n2c3c([2H])c([2H])c([2H])c([2H])c3c3c([2H])c(-n4c5c([2H])c([2H])c([2H])c([2H])c5n5c6c([2H])c(C)c([2H])c([2H])c6nc45)c([2H])c([2H])c32)c(-n2c3c([2H])c([2H])c([2H])c([2H])c3c3c([2H])c([2H])c([2H])c([2H])c32)c1[2H]. The molecule has 0 saturated carbocycles. The van der Waals surface area contributed by atoms with Crippen molar-refractivity contribution in [1.29, 1.82) is 0 Å². The molecular weight excluding hydrogens is 599 g/mol. The van der Waals surface area contributed by atoms with Crippen LogP contribution in [0.4, 0.5) is 0 Å². The third-order valence-corrected chi connectivity index (χ3v) is 8.33. The molecule has 0 unspecified atom stereocenters. The first-order chi connectivity index (χ1) is 35.1. The first-order valence-electron chi connectivity index (χ1n) is 27.6. The number of fused-ring (bicyclic) bond motifs is 11. The number of nitrogens with zero attached hydrogens (tertiary/aromatic N) is 5. The van der Waals surface area contributed by atoms with Gasteiger partial charge in [0, 0.05) is 27.2 Å². The van der Waals surface area contributed by atoms with Crippen LogP contribution in [0.3, 0.4) is 0 Å². The van der Waals surface area contributed by atoms with E-state index < -0.39 is 223 Å². The molecule has 0 aliphatic heterocycles. The third-order valence-electron chi connectivity index (χ3n) is 8.33. The molecule has 0 atom stereocenters. The summed E-state index contributed by atoms with van der Waals surface area (Å²) in [5.41, 5.74) is -6.33. The van der Waals surface area contributed by atoms with E-state index in [0.29, 0.717) is 0 Å². The molecule has 0 bridgehead atoms. The topological polar surface area (TPSA) is 32.1 Å². The summed E-state index contributed by atoms with van der Waals surface area (Å²) in [6.45, 7) is 1.38. The molecule has 230 valence electrons. The van der Waals surface area contributed by atoms with E-state index in [9.17, 15) is 13.7 Å². The van der Waals surface area contributed by atoms with Crippen molar-refractivity contribution in [3.63, 3.8) is 0 Å². The molecular formula is C44H29N5. The number of para-hydroxylation sites is 7. The molecule has 11 aromatic rings. The third kappa shape index (κ3) is 3.56. The molecule has 0 spiro atoms. The van der Waals surface area contributed by atoms with Crippen molar-refractivity contribution in [1.82, 2.24) is 23.1 Å². The second-order valence-corrected chi connectivity index (χ2v) is 11.0. The normalized spacial score (nSPS) is 19.6. The molecule has 0 aliphatic rings. The summed E-state index contributed by atoms with van der Waals surface area (Å²) in [6, 6.07) is -21.8. The predicted octanol–water partition coefficient (Wildman–Crippen LogP) is 10.9. The van der Waals surface area contributed by atoms with E-state index in [-0.39, 0.29) is 28.2 Å². The van der Waals surface area contributed by atoms with E-state index in [1.807, 2.05) is 0 Å². The molecule has 0 amide bonds. The summed E-state index contributed by atoms with van der Waals surface area (Å²) in [6.07, 6.45) is 0. The maximum atomic E-state index is 10.1. The fourth-order valence-corrected chi connectivity index (χ4v) is 6.38. The highest BCUT2D eigenvalue weighted by Gasteiger charge is 2.21. The van der Waals surface area contributed by atoms with Gasteiger partial charge in [0.05, 0.1) is 91.1 Å². The average molecular weight is 654 g/mol. The van der Waals surface area contributed by atoms with Crippen LogP contribution in [-0.2, 0) is 0 Å². The molecule has 49 heavy (non-hydrogen) atoms. The second kappa shape index (κ2) is 9.72. The highest BCUT2D eigenvalue weighted by atomic mass is 15.2. The summed E-state index contributed by atoms with van der Waals surface area (Å²) in [5, 5.41) is -2.21. The van der Waals surface area contributed by atoms with Gasteiger partial charge >= 0.3 is 0 Å². The maximum Gasteiger partial charge on any atom is 0.220 e. The Hall–Kier alpha value is -6.59. The van der Waals surface area contributed by atoms with Gasteiger partial charge in [0.1, 0.15) is 0 Å². The van der Waals surface area contributed by atoms with Crippen LogP contribution < -0.4 is 0 Å². The molecule has 11 rings (SSSR count). The molecule has 4 heterocycles. The van der Waals surface area contributed by atoms with Gasteiger partial charge in [-0.25, -0.2) is 4.98 Å². The van der Waals surface area contributed by atoms with Gasteiger partial charge in [0.25, 0.3) is 0 Å². The monoisotopic (exact) mass is 653 g/mol. The predicted molar refractivity (Wildman–Crippen MR) is 203 cm³/mol. The first kappa shape index (κ1) is 11.8. The van der Waals surface area contributed by atoms with E-state index in [1.54, 1.807) is 0 Å². The zero-order chi connectivity index (χ0) is 54.8. The summed E-state index contributed by atoms with van der Waals surface area (Å²) in [7, 11) is 0. The van der Waals surface area contributed by atoms with Gasteiger partial charge in [0.15, 0.2) is 0 Å². The fraction of sp³-hybridized carbons (Fsp3) is 0.0227. The van der Waals surface area contributed by atoms with E-state index in [4.69, 9.17) is 21.9 Å². The minimum Gasteiger partial charge on any atom is -0.307 e. The lowest BCUT2D eigenvalue weighted by Crippen LogP contribution is -2.03. The van der Waals surface area contributed by atoms with Crippen LogP contribution in [0.5, 0.6) is 0 Å². The molecule has 0 fully saturated rings. The number of rotatable bonds is 3. The maximum absolute atomic E-state index is 10.1. The van der Waals surface area contributed by atoms with Gasteiger partial charge in [-0.05, 0) is 85.0 Å². The van der Waals surface area contributed by atoms with Crippen LogP contribution >= 0.6 is 0 Å². The molecule has 7 aromatic carbocycles. The smallest absolute Gasteiger partial charge is 0.220 e. The molecule has 0 radical (unpaired) electrons. The van der Waals surface area contributed by atoms with Gasteiger partial charge in [-0.15, -0.1) is 0 Å². The van der Waals surface area contributed by atoms with Crippen LogP contribution in [0.2, 0.25) is 0 Å². The van der Waals surface area contributed by atoms with Crippen molar-refractivity contribution in [2.45, 2.75) is 6.92 Å². The summed E-state index contributed by atoms with van der Waals surface area (Å²) in [5.74, 6) is -0.440. The summed E-state index contributed by atoms with van der Waals surface area (Å²) < 4.78 is 239. The van der Waals surface area contributed by atoms with E-state index in [2.05, 4.69) is 4.98 Å². The highest BCUT2D eigenvalue weighted by molar-refractivity contribution is 6.12. The van der Waals surface area contributed by atoms with Crippen molar-refractivity contribution in [3.8, 4) is 17.1 Å². The number of benzene rings is 7. The molecule has 5 nitrogen and oxygen atoms in total. The summed E-state index contributed by atoms with van der Waals surface area (Å²) in [4.78, 5) is 4.54. The van der Waals surface area contributed by atoms with Crippen LogP contribution in [-0.4, -0.2) is 23.1 Å². The molecule has 4 aromatic heterocycles. The van der Waals surface area contributed by atoms with Crippen LogP contribution in [0, 0.1) is 6.92 Å². The zero-order valence-electron chi connectivity index (χ0n) is 50.7. The average Bonchev–Trinajstić information content (AvgIpc) is 4.23. The van der Waals surface area contributed by atoms with E-state index >= 15 is 0 Å². The van der Waals surface area contributed by atoms with Crippen molar-refractivity contribution >= 4 is 71.5 Å². The van der Waals surface area contributed by atoms with Gasteiger partial charge in [0.2, 0.25) is 5.78 Å². The lowest BCUT2D eigenvalue weighted by atomic mass is 10.1. The number of hydrogen-bond acceptors (Lipinski definition) is 1. The molecule has 5 heteroatoms. The van der Waals surface area contributed by atoms with Crippen molar-refractivity contribution in [2.24, 2.45) is 0 Å². The quantitative estimate of drug-likeness (QED) is 0.187. The van der Waals surface area contributed by atoms with Crippen molar-refractivity contribution in [2.75, 3.05) is 0 Å². The second-order valence-electron chi connectivity index (χ2n) is 11.0. The zero-order valence-corrected chi connectivity index (χ0v) is 24.7. The van der Waals surface area contributed by atoms with Crippen LogP contribution in [0.25, 0.3) is 88.5 Å². The first-order valence-corrected chi connectivity index (χ1v) is 14.6. The summed E-state index contributed by atoms with van der Waals surface area (Å²) >= 11 is 0. The van der Waals surface area contributed by atoms with Crippen molar-refractivity contribution in [3.05, 3.63) is 163 Å². The Balaban J connectivity index is 1.43. The molecule has 0 saturated heterocycles. The Kier molecular flexibility index (Phi) is 2.35. The van der Waals surface area contributed by atoms with E-state index in [1.165, 1.54) is 6.92 Å². The minimum atomic E-state index is -1.05. The Bertz CT molecular complexity index is 4540. The van der Waals surface area contributed by atoms with Crippen LogP contribution in [0.15, 0.2) is 157 Å². The Labute approximate surface area is 317 Å². The van der Waals surface area contributed by atoms with Crippen LogP contribution in [0.1, 0.15) is 41.2 Å². The van der Waals surface area contributed by atoms with Gasteiger partial charge in [-0.3, -0.25) is 8.97 Å². The number of imidazole rings is 2. The fourth-order valence-electron chi connectivity index (χ4n) is 6.38. The van der Waals surface area contributed by atoms with Crippen molar-refractivity contribution < 1.29 is 35.6 Å². The largest absolute Gasteiger partial charge is 0.307 e. The van der Waals surface area contributed by atoms with Gasteiger partial charge in [-0.1, -0.05) is 84.6 Å². The van der Waals surface area contributed by atoms with Gasteiger partial charge in [-0.2, -0.15) is 0 Å². The van der Waals surface area contributed by atoms with E-state index in [0.717, 1.165) is 18.1 Å². The lowest BCUT2D eigenvalue weighted by molar-refractivity contribution is 1.09. The Morgan fingerprint density at radius 1 is 0.429 bits per heavy atom. The highest BCUT2D eigenvalue weighted by Crippen LogP contribution is 2.39. The standard InChI is InChI=1S/C44H29N5/c1-28-22-24-34-43(26-28)49-42-21-11-8-18-39(42)46(44(49)45-34)29-23-25-38-33(27-29)32-14-4-7-17-37(32)48(38)41-20-10-9-19-40(41)47-35-15-5-2-12-30(35)31-13-3-6-16-36(31)47/h2-27H,1H3/i2D,3D,4D,5D,6D,7D,8D,9D,10D,11D,12D,13D,14D,15D,16D,17D,18D,19D,20D,21D,22D,23D,24D,25D,26D,27D.